The van der Waals surface area contributed by atoms with E-state index < -0.39 is 0 Å². The first-order valence-electron chi connectivity index (χ1n) is 16.6. The monoisotopic (exact) mass is 644 g/mol. The summed E-state index contributed by atoms with van der Waals surface area (Å²) in [7, 11) is 0. The Kier molecular flexibility index (Phi) is 7.02. The topological polar surface area (TPSA) is 19.6 Å². The molecule has 3 nitrogen and oxygen atoms in total. The van der Waals surface area contributed by atoms with Crippen molar-refractivity contribution in [3.05, 3.63) is 157 Å². The zero-order valence-electron chi connectivity index (χ0n) is 26.5. The summed E-state index contributed by atoms with van der Waals surface area (Å²) in [4.78, 5) is 4.65. The third-order valence-corrected chi connectivity index (χ3v) is 10.7. The largest absolute Gasteiger partial charge is 0.456 e. The normalized spacial score (nSPS) is 16.0. The van der Waals surface area contributed by atoms with Crippen LogP contribution < -0.4 is 9.80 Å². The van der Waals surface area contributed by atoms with Crippen molar-refractivity contribution in [1.82, 2.24) is 0 Å². The van der Waals surface area contributed by atoms with E-state index in [4.69, 9.17) is 4.42 Å². The van der Waals surface area contributed by atoms with Crippen LogP contribution in [0.4, 0.5) is 27.1 Å². The average molecular weight is 645 g/mol. The van der Waals surface area contributed by atoms with Crippen LogP contribution in [0.1, 0.15) is 31.2 Å². The number of nitrogens with zero attached hydrogens (tertiary/aromatic N) is 2. The van der Waals surface area contributed by atoms with Crippen LogP contribution in [-0.4, -0.2) is 0 Å². The molecule has 0 bridgehead atoms. The maximum Gasteiger partial charge on any atom is 0.137 e. The number of anilines is 4. The van der Waals surface area contributed by atoms with E-state index in [9.17, 15) is 4.39 Å². The molecular formula is C43H33FN2OS. The Balaban J connectivity index is 1.28. The quantitative estimate of drug-likeness (QED) is 0.178. The molecule has 0 spiro atoms. The standard InChI is InChI=1S/C43H33FN2OS/c1-28-10-3-2-4-11-29-26-32(22-24-37(29)45(28)31-20-18-30(44)19-21-31)46(33-23-25-42-36(27-33)34-12-6-8-17-41(34)48-42)38-14-9-16-40-43(38)35-13-5-7-15-39(35)47-40/h2,4-9,12-18,20,22-27H,1,3,10-11,19,21H2/b4-2-. The first-order valence-corrected chi connectivity index (χ1v) is 17.4. The molecule has 5 heteroatoms. The lowest BCUT2D eigenvalue weighted by Crippen LogP contribution is -2.23. The number of hydrogen-bond donors (Lipinski definition) is 0. The Morgan fingerprint density at radius 2 is 1.50 bits per heavy atom. The average Bonchev–Trinajstić information content (AvgIpc) is 3.70. The second-order valence-electron chi connectivity index (χ2n) is 12.6. The number of hydrogen-bond acceptors (Lipinski definition) is 4. The third-order valence-electron chi connectivity index (χ3n) is 9.59. The van der Waals surface area contributed by atoms with Crippen molar-refractivity contribution in [2.24, 2.45) is 0 Å². The summed E-state index contributed by atoms with van der Waals surface area (Å²) in [6.45, 7) is 4.51. The molecule has 0 fully saturated rings. The highest BCUT2D eigenvalue weighted by molar-refractivity contribution is 7.25. The van der Waals surface area contributed by atoms with E-state index in [1.165, 1.54) is 25.7 Å². The third kappa shape index (κ3) is 4.85. The van der Waals surface area contributed by atoms with Gasteiger partial charge in [-0.2, -0.15) is 0 Å². The van der Waals surface area contributed by atoms with Gasteiger partial charge in [0.25, 0.3) is 0 Å². The second-order valence-corrected chi connectivity index (χ2v) is 13.6. The van der Waals surface area contributed by atoms with Gasteiger partial charge in [0.05, 0.1) is 11.1 Å². The Morgan fingerprint density at radius 3 is 2.40 bits per heavy atom. The minimum atomic E-state index is -0.0715. The van der Waals surface area contributed by atoms with Gasteiger partial charge in [0.1, 0.15) is 17.0 Å². The van der Waals surface area contributed by atoms with Gasteiger partial charge in [-0.1, -0.05) is 61.2 Å². The van der Waals surface area contributed by atoms with Gasteiger partial charge in [0, 0.05) is 60.4 Å². The fourth-order valence-corrected chi connectivity index (χ4v) is 8.41. The fourth-order valence-electron chi connectivity index (χ4n) is 7.32. The Bertz CT molecular complexity index is 2500. The summed E-state index contributed by atoms with van der Waals surface area (Å²) in [5.74, 6) is -0.0715. The van der Waals surface area contributed by atoms with Crippen LogP contribution in [0.2, 0.25) is 0 Å². The molecule has 0 unspecified atom stereocenters. The minimum absolute atomic E-state index is 0.0715. The van der Waals surface area contributed by atoms with Gasteiger partial charge in [-0.25, -0.2) is 4.39 Å². The van der Waals surface area contributed by atoms with Gasteiger partial charge in [0.2, 0.25) is 0 Å². The van der Waals surface area contributed by atoms with Crippen LogP contribution in [0, 0.1) is 0 Å². The molecule has 1 aliphatic heterocycles. The van der Waals surface area contributed by atoms with Crippen LogP contribution in [0.3, 0.4) is 0 Å². The molecule has 0 amide bonds. The van der Waals surface area contributed by atoms with Gasteiger partial charge in [-0.05, 0) is 104 Å². The molecule has 9 rings (SSSR count). The highest BCUT2D eigenvalue weighted by Gasteiger charge is 2.24. The number of furan rings is 1. The lowest BCUT2D eigenvalue weighted by atomic mass is 10.0. The number of rotatable bonds is 4. The van der Waals surface area contributed by atoms with Gasteiger partial charge >= 0.3 is 0 Å². The van der Waals surface area contributed by atoms with Crippen LogP contribution in [0.15, 0.2) is 156 Å². The number of para-hydroxylation sites is 1. The zero-order chi connectivity index (χ0) is 32.2. The molecule has 1 aliphatic carbocycles. The maximum atomic E-state index is 14.1. The van der Waals surface area contributed by atoms with Crippen LogP contribution in [-0.2, 0) is 6.42 Å². The van der Waals surface area contributed by atoms with Crippen LogP contribution >= 0.6 is 11.3 Å². The first kappa shape index (κ1) is 28.8. The molecule has 0 radical (unpaired) electrons. The number of thiophene rings is 1. The summed E-state index contributed by atoms with van der Waals surface area (Å²) in [5.41, 5.74) is 9.34. The van der Waals surface area contributed by atoms with E-state index in [1.54, 1.807) is 6.08 Å². The van der Waals surface area contributed by atoms with Gasteiger partial charge < -0.3 is 14.2 Å². The van der Waals surface area contributed by atoms with Crippen molar-refractivity contribution in [1.29, 1.82) is 0 Å². The first-order chi connectivity index (χ1) is 23.6. The molecule has 234 valence electrons. The van der Waals surface area contributed by atoms with E-state index in [-0.39, 0.29) is 5.83 Å². The van der Waals surface area contributed by atoms with E-state index in [2.05, 4.69) is 120 Å². The summed E-state index contributed by atoms with van der Waals surface area (Å²) in [6.07, 6.45) is 11.7. The van der Waals surface area contributed by atoms with E-state index in [0.717, 1.165) is 75.3 Å². The maximum absolute atomic E-state index is 14.1. The molecular weight excluding hydrogens is 612 g/mol. The smallest absolute Gasteiger partial charge is 0.137 e. The molecule has 3 heterocycles. The highest BCUT2D eigenvalue weighted by Crippen LogP contribution is 2.46. The minimum Gasteiger partial charge on any atom is -0.456 e. The number of halogens is 1. The molecule has 48 heavy (non-hydrogen) atoms. The Hall–Kier alpha value is -5.39. The zero-order valence-corrected chi connectivity index (χ0v) is 27.3. The lowest BCUT2D eigenvalue weighted by Gasteiger charge is -2.33. The lowest BCUT2D eigenvalue weighted by molar-refractivity contribution is 0.579. The molecule has 5 aromatic carbocycles. The predicted molar refractivity (Wildman–Crippen MR) is 201 cm³/mol. The van der Waals surface area contributed by atoms with Crippen molar-refractivity contribution in [3.8, 4) is 0 Å². The van der Waals surface area contributed by atoms with Crippen molar-refractivity contribution in [2.75, 3.05) is 9.80 Å². The molecule has 0 saturated heterocycles. The van der Waals surface area contributed by atoms with Gasteiger partial charge in [-0.15, -0.1) is 11.3 Å². The SMILES string of the molecule is C=C1CC/C=C\Cc2cc(N(c3ccc4sc5ccccc5c4c3)c3cccc4oc5ccccc5c34)ccc2N1C1=CC=C(F)CC1. The molecule has 0 atom stereocenters. The molecule has 7 aromatic rings. The summed E-state index contributed by atoms with van der Waals surface area (Å²) in [6, 6.07) is 36.9. The molecule has 2 aromatic heterocycles. The van der Waals surface area contributed by atoms with E-state index >= 15 is 0 Å². The summed E-state index contributed by atoms with van der Waals surface area (Å²) in [5, 5.41) is 4.70. The number of fused-ring (bicyclic) bond motifs is 7. The van der Waals surface area contributed by atoms with Crippen molar-refractivity contribution < 1.29 is 8.81 Å². The molecule has 2 aliphatic rings. The molecule has 0 N–H and O–H groups in total. The molecule has 0 saturated carbocycles. The number of benzene rings is 5. The summed E-state index contributed by atoms with van der Waals surface area (Å²) < 4.78 is 23.0. The van der Waals surface area contributed by atoms with Gasteiger partial charge in [-0.3, -0.25) is 0 Å². The fraction of sp³-hybridized carbons (Fsp3) is 0.116. The van der Waals surface area contributed by atoms with Crippen molar-refractivity contribution in [2.45, 2.75) is 32.1 Å². The summed E-state index contributed by atoms with van der Waals surface area (Å²) >= 11 is 1.83. The van der Waals surface area contributed by atoms with Gasteiger partial charge in [0.15, 0.2) is 0 Å². The number of allylic oxidation sites excluding steroid dienone is 7. The second kappa shape index (κ2) is 11.7. The van der Waals surface area contributed by atoms with E-state index in [0.29, 0.717) is 12.8 Å². The Morgan fingerprint density at radius 1 is 0.708 bits per heavy atom. The van der Waals surface area contributed by atoms with Crippen LogP contribution in [0.5, 0.6) is 0 Å². The Labute approximate surface area is 282 Å². The predicted octanol–water partition coefficient (Wildman–Crippen LogP) is 13.2. The van der Waals surface area contributed by atoms with Crippen molar-refractivity contribution >= 4 is 76.2 Å². The van der Waals surface area contributed by atoms with Crippen molar-refractivity contribution in [3.63, 3.8) is 0 Å². The van der Waals surface area contributed by atoms with Crippen LogP contribution in [0.25, 0.3) is 42.1 Å². The highest BCUT2D eigenvalue weighted by atomic mass is 32.1. The van der Waals surface area contributed by atoms with E-state index in [1.807, 2.05) is 29.5 Å².